The van der Waals surface area contributed by atoms with Crippen LogP contribution in [-0.4, -0.2) is 55.5 Å². The number of aliphatic carboxylic acids is 1. The maximum atomic E-state index is 12.6. The van der Waals surface area contributed by atoms with Crippen molar-refractivity contribution in [2.24, 2.45) is 0 Å². The molecule has 34 heavy (non-hydrogen) atoms. The molecular formula is C26H32N2O6. The number of methoxy groups -OCH3 is 1. The predicted molar refractivity (Wildman–Crippen MR) is 128 cm³/mol. The number of rotatable bonds is 12. The van der Waals surface area contributed by atoms with Crippen molar-refractivity contribution in [3.05, 3.63) is 59.7 Å². The van der Waals surface area contributed by atoms with E-state index in [0.29, 0.717) is 6.42 Å². The fourth-order valence-corrected chi connectivity index (χ4v) is 4.35. The van der Waals surface area contributed by atoms with Crippen molar-refractivity contribution in [2.75, 3.05) is 20.3 Å². The highest BCUT2D eigenvalue weighted by molar-refractivity contribution is 5.84. The van der Waals surface area contributed by atoms with Crippen LogP contribution in [0.3, 0.4) is 0 Å². The second-order valence-electron chi connectivity index (χ2n) is 8.40. The molecule has 3 N–H and O–H groups in total. The van der Waals surface area contributed by atoms with Gasteiger partial charge in [0.2, 0.25) is 5.91 Å². The number of carbonyl (C=O) groups is 3. The van der Waals surface area contributed by atoms with E-state index in [4.69, 9.17) is 9.47 Å². The Hall–Kier alpha value is -3.39. The Labute approximate surface area is 199 Å². The minimum absolute atomic E-state index is 0.0329. The zero-order valence-corrected chi connectivity index (χ0v) is 19.6. The molecule has 0 radical (unpaired) electrons. The van der Waals surface area contributed by atoms with Crippen LogP contribution in [0.2, 0.25) is 0 Å². The lowest BCUT2D eigenvalue weighted by Crippen LogP contribution is -2.45. The number of ether oxygens (including phenoxy) is 2. The molecule has 1 aliphatic rings. The van der Waals surface area contributed by atoms with Gasteiger partial charge < -0.3 is 25.2 Å². The van der Waals surface area contributed by atoms with Gasteiger partial charge in [-0.3, -0.25) is 4.79 Å². The molecule has 2 aromatic carbocycles. The number of carbonyl (C=O) groups excluding carboxylic acids is 2. The lowest BCUT2D eigenvalue weighted by molar-refractivity contribution is -0.142. The smallest absolute Gasteiger partial charge is 0.407 e. The molecule has 0 fully saturated rings. The first-order chi connectivity index (χ1) is 16.4. The van der Waals surface area contributed by atoms with Gasteiger partial charge in [-0.25, -0.2) is 9.59 Å². The van der Waals surface area contributed by atoms with E-state index >= 15 is 0 Å². The highest BCUT2D eigenvalue weighted by Gasteiger charge is 2.29. The molecule has 0 aromatic heterocycles. The molecule has 0 saturated carbocycles. The number of alkyl carbamates (subject to hydrolysis) is 1. The highest BCUT2D eigenvalue weighted by Crippen LogP contribution is 2.44. The van der Waals surface area contributed by atoms with Crippen molar-refractivity contribution in [3.8, 4) is 11.1 Å². The van der Waals surface area contributed by atoms with Crippen LogP contribution in [0.1, 0.15) is 49.7 Å². The first-order valence-electron chi connectivity index (χ1n) is 11.6. The molecule has 182 valence electrons. The quantitative estimate of drug-likeness (QED) is 0.438. The fraction of sp³-hybridized carbons (Fsp3) is 0.423. The lowest BCUT2D eigenvalue weighted by atomic mass is 9.98. The van der Waals surface area contributed by atoms with E-state index < -0.39 is 30.1 Å². The van der Waals surface area contributed by atoms with Crippen molar-refractivity contribution in [2.45, 2.75) is 50.6 Å². The summed E-state index contributed by atoms with van der Waals surface area (Å²) in [6.07, 6.45) is 0.841. The summed E-state index contributed by atoms with van der Waals surface area (Å²) < 4.78 is 10.5. The Morgan fingerprint density at radius 3 is 2.15 bits per heavy atom. The minimum atomic E-state index is -1.12. The normalized spacial score (nSPS) is 13.9. The molecule has 3 rings (SSSR count). The number of amides is 2. The topological polar surface area (TPSA) is 114 Å². The zero-order chi connectivity index (χ0) is 24.5. The van der Waals surface area contributed by atoms with Crippen LogP contribution in [0.15, 0.2) is 48.5 Å². The summed E-state index contributed by atoms with van der Waals surface area (Å²) in [5.41, 5.74) is 4.54. The monoisotopic (exact) mass is 468 g/mol. The summed E-state index contributed by atoms with van der Waals surface area (Å²) in [7, 11) is 1.47. The molecule has 0 aliphatic heterocycles. The van der Waals surface area contributed by atoms with Gasteiger partial charge in [-0.1, -0.05) is 61.9 Å². The van der Waals surface area contributed by atoms with E-state index in [2.05, 4.69) is 22.8 Å². The SMILES string of the molecule is CCC[C@@H](CC(=O)NC(CCOC)C(=O)O)NC(=O)OCC1c2ccccc2-c2ccccc21. The largest absolute Gasteiger partial charge is 0.480 e. The van der Waals surface area contributed by atoms with Crippen molar-refractivity contribution < 1.29 is 29.0 Å². The number of benzene rings is 2. The molecule has 2 amide bonds. The zero-order valence-electron chi connectivity index (χ0n) is 19.6. The van der Waals surface area contributed by atoms with Gasteiger partial charge in [-0.15, -0.1) is 0 Å². The predicted octanol–water partition coefficient (Wildman–Crippen LogP) is 3.69. The van der Waals surface area contributed by atoms with Crippen LogP contribution < -0.4 is 10.6 Å². The van der Waals surface area contributed by atoms with Crippen LogP contribution in [0.4, 0.5) is 4.79 Å². The summed E-state index contributed by atoms with van der Waals surface area (Å²) in [5, 5.41) is 14.6. The van der Waals surface area contributed by atoms with E-state index in [-0.39, 0.29) is 32.0 Å². The van der Waals surface area contributed by atoms with Gasteiger partial charge in [0.15, 0.2) is 0 Å². The lowest BCUT2D eigenvalue weighted by Gasteiger charge is -2.20. The molecule has 1 unspecified atom stereocenters. The van der Waals surface area contributed by atoms with Crippen LogP contribution in [-0.2, 0) is 19.1 Å². The molecular weight excluding hydrogens is 436 g/mol. The number of carboxylic acids is 1. The van der Waals surface area contributed by atoms with Crippen LogP contribution in [0.25, 0.3) is 11.1 Å². The standard InChI is InChI=1S/C26H32N2O6/c1-3-8-17(15-24(29)28-23(25(30)31)13-14-33-2)27-26(32)34-16-22-20-11-6-4-9-18(20)19-10-5-7-12-21(19)22/h4-7,9-12,17,22-23H,3,8,13-16H2,1-2H3,(H,27,32)(H,28,29)(H,30,31)/t17-,23?/m0/s1. The van der Waals surface area contributed by atoms with Crippen LogP contribution in [0.5, 0.6) is 0 Å². The summed E-state index contributed by atoms with van der Waals surface area (Å²) in [6.45, 7) is 2.35. The third-order valence-corrected chi connectivity index (χ3v) is 5.98. The van der Waals surface area contributed by atoms with Gasteiger partial charge in [0.25, 0.3) is 0 Å². The van der Waals surface area contributed by atoms with E-state index in [1.54, 1.807) is 0 Å². The minimum Gasteiger partial charge on any atom is -0.480 e. The number of carboxylic acid groups (broad SMARTS) is 1. The van der Waals surface area contributed by atoms with Crippen molar-refractivity contribution in [1.82, 2.24) is 10.6 Å². The Morgan fingerprint density at radius 1 is 0.971 bits per heavy atom. The van der Waals surface area contributed by atoms with Gasteiger partial charge in [0.1, 0.15) is 12.6 Å². The summed E-state index contributed by atoms with van der Waals surface area (Å²) in [5.74, 6) is -1.62. The number of hydrogen-bond acceptors (Lipinski definition) is 5. The third-order valence-electron chi connectivity index (χ3n) is 5.98. The Kier molecular flexibility index (Phi) is 9.04. The van der Waals surface area contributed by atoms with Crippen molar-refractivity contribution in [1.29, 1.82) is 0 Å². The number of hydrogen-bond donors (Lipinski definition) is 3. The second kappa shape index (κ2) is 12.2. The molecule has 1 aliphatic carbocycles. The van der Waals surface area contributed by atoms with Crippen LogP contribution in [0, 0.1) is 0 Å². The third kappa shape index (κ3) is 6.35. The highest BCUT2D eigenvalue weighted by atomic mass is 16.5. The van der Waals surface area contributed by atoms with Crippen molar-refractivity contribution >= 4 is 18.0 Å². The number of nitrogens with one attached hydrogen (secondary N) is 2. The molecule has 0 spiro atoms. The fourth-order valence-electron chi connectivity index (χ4n) is 4.35. The Bertz CT molecular complexity index is 963. The average Bonchev–Trinajstić information content (AvgIpc) is 3.14. The van der Waals surface area contributed by atoms with E-state index in [9.17, 15) is 19.5 Å². The summed E-state index contributed by atoms with van der Waals surface area (Å²) >= 11 is 0. The van der Waals surface area contributed by atoms with Gasteiger partial charge in [0, 0.05) is 38.5 Å². The number of fused-ring (bicyclic) bond motifs is 3. The summed E-state index contributed by atoms with van der Waals surface area (Å²) in [4.78, 5) is 36.4. The molecule has 0 bridgehead atoms. The first kappa shape index (κ1) is 25.2. The molecule has 0 heterocycles. The Morgan fingerprint density at radius 2 is 1.59 bits per heavy atom. The molecule has 8 heteroatoms. The molecule has 0 saturated heterocycles. The van der Waals surface area contributed by atoms with E-state index in [1.807, 2.05) is 43.3 Å². The molecule has 2 atom stereocenters. The van der Waals surface area contributed by atoms with Gasteiger partial charge in [-0.05, 0) is 28.7 Å². The van der Waals surface area contributed by atoms with Gasteiger partial charge in [0.05, 0.1) is 0 Å². The van der Waals surface area contributed by atoms with E-state index in [0.717, 1.165) is 28.7 Å². The maximum Gasteiger partial charge on any atom is 0.407 e. The average molecular weight is 469 g/mol. The first-order valence-corrected chi connectivity index (χ1v) is 11.6. The summed E-state index contributed by atoms with van der Waals surface area (Å²) in [6, 6.07) is 14.7. The van der Waals surface area contributed by atoms with Crippen LogP contribution >= 0.6 is 0 Å². The van der Waals surface area contributed by atoms with Gasteiger partial charge in [-0.2, -0.15) is 0 Å². The van der Waals surface area contributed by atoms with E-state index in [1.165, 1.54) is 7.11 Å². The van der Waals surface area contributed by atoms with Crippen molar-refractivity contribution in [3.63, 3.8) is 0 Å². The molecule has 2 aromatic rings. The Balaban J connectivity index is 1.57. The molecule has 8 nitrogen and oxygen atoms in total. The van der Waals surface area contributed by atoms with Gasteiger partial charge >= 0.3 is 12.1 Å². The maximum absolute atomic E-state index is 12.6. The second-order valence-corrected chi connectivity index (χ2v) is 8.40.